The Bertz CT molecular complexity index is 762. The van der Waals surface area contributed by atoms with Crippen LogP contribution in [0.1, 0.15) is 11.1 Å². The van der Waals surface area contributed by atoms with Crippen molar-refractivity contribution < 1.29 is 4.74 Å². The Kier molecular flexibility index (Phi) is 5.72. The van der Waals surface area contributed by atoms with Gasteiger partial charge in [0.15, 0.2) is 0 Å². The molecule has 1 aliphatic rings. The van der Waals surface area contributed by atoms with Crippen LogP contribution in [0.15, 0.2) is 57.0 Å². The van der Waals surface area contributed by atoms with Crippen molar-refractivity contribution in [1.29, 1.82) is 0 Å². The van der Waals surface area contributed by atoms with Crippen molar-refractivity contribution in [3.05, 3.63) is 63.1 Å². The summed E-state index contributed by atoms with van der Waals surface area (Å²) < 4.78 is 6.87. The first-order valence-corrected chi connectivity index (χ1v) is 8.62. The van der Waals surface area contributed by atoms with Gasteiger partial charge in [0.1, 0.15) is 12.4 Å². The molecule has 7 heteroatoms. The van der Waals surface area contributed by atoms with Gasteiger partial charge in [0.05, 0.1) is 12.8 Å². The Morgan fingerprint density at radius 1 is 1.29 bits per heavy atom. The quantitative estimate of drug-likeness (QED) is 0.588. The van der Waals surface area contributed by atoms with E-state index in [4.69, 9.17) is 16.3 Å². The molecule has 0 saturated heterocycles. The van der Waals surface area contributed by atoms with Crippen LogP contribution in [0.4, 0.5) is 0 Å². The molecular weight excluding hydrogens is 392 g/mol. The Morgan fingerprint density at radius 3 is 2.88 bits per heavy atom. The molecule has 5 nitrogen and oxygen atoms in total. The number of nitrogens with zero attached hydrogens (tertiary/aromatic N) is 2. The van der Waals surface area contributed by atoms with Crippen molar-refractivity contribution in [1.82, 2.24) is 10.7 Å². The molecule has 1 aliphatic heterocycles. The number of aliphatic imine (C=N–C) groups is 1. The summed E-state index contributed by atoms with van der Waals surface area (Å²) in [4.78, 5) is 4.22. The Morgan fingerprint density at radius 2 is 2.12 bits per heavy atom. The van der Waals surface area contributed by atoms with E-state index < -0.39 is 0 Å². The highest BCUT2D eigenvalue weighted by atomic mass is 79.9. The first-order chi connectivity index (χ1) is 11.7. The van der Waals surface area contributed by atoms with E-state index in [1.807, 2.05) is 42.5 Å². The highest BCUT2D eigenvalue weighted by molar-refractivity contribution is 9.10. The smallest absolute Gasteiger partial charge is 0.212 e. The van der Waals surface area contributed by atoms with Crippen LogP contribution in [0.25, 0.3) is 0 Å². The number of halogens is 2. The van der Waals surface area contributed by atoms with E-state index in [9.17, 15) is 0 Å². The van der Waals surface area contributed by atoms with Crippen LogP contribution < -0.4 is 15.5 Å². The number of hydrazone groups is 1. The summed E-state index contributed by atoms with van der Waals surface area (Å²) in [6.45, 7) is 2.07. The number of benzene rings is 2. The summed E-state index contributed by atoms with van der Waals surface area (Å²) in [5.41, 5.74) is 4.79. The van der Waals surface area contributed by atoms with Gasteiger partial charge in [-0.1, -0.05) is 39.7 Å². The summed E-state index contributed by atoms with van der Waals surface area (Å²) in [6, 6.07) is 13.4. The van der Waals surface area contributed by atoms with Crippen LogP contribution in [0.5, 0.6) is 5.75 Å². The number of hydrogen-bond donors (Lipinski definition) is 2. The zero-order chi connectivity index (χ0) is 16.8. The third kappa shape index (κ3) is 4.72. The van der Waals surface area contributed by atoms with Gasteiger partial charge in [0, 0.05) is 21.6 Å². The van der Waals surface area contributed by atoms with Gasteiger partial charge in [0.2, 0.25) is 5.96 Å². The molecule has 2 aromatic rings. The van der Waals surface area contributed by atoms with Gasteiger partial charge in [-0.05, 0) is 35.9 Å². The van der Waals surface area contributed by atoms with Crippen LogP contribution in [-0.2, 0) is 6.61 Å². The molecule has 2 N–H and O–H groups in total. The number of ether oxygens (including phenoxy) is 1. The van der Waals surface area contributed by atoms with Crippen molar-refractivity contribution in [2.24, 2.45) is 10.1 Å². The first-order valence-electron chi connectivity index (χ1n) is 7.45. The maximum atomic E-state index is 5.91. The van der Waals surface area contributed by atoms with E-state index in [2.05, 4.69) is 36.8 Å². The fourth-order valence-corrected chi connectivity index (χ4v) is 2.63. The molecule has 0 radical (unpaired) electrons. The lowest BCUT2D eigenvalue weighted by atomic mass is 10.2. The lowest BCUT2D eigenvalue weighted by molar-refractivity contribution is 0.306. The Hall–Kier alpha value is -2.05. The van der Waals surface area contributed by atoms with E-state index >= 15 is 0 Å². The van der Waals surface area contributed by atoms with Crippen molar-refractivity contribution in [3.63, 3.8) is 0 Å². The van der Waals surface area contributed by atoms with Crippen LogP contribution >= 0.6 is 27.5 Å². The van der Waals surface area contributed by atoms with Crippen LogP contribution in [0.3, 0.4) is 0 Å². The fourth-order valence-electron chi connectivity index (χ4n) is 2.13. The van der Waals surface area contributed by atoms with Gasteiger partial charge in [-0.2, -0.15) is 5.10 Å². The zero-order valence-corrected chi connectivity index (χ0v) is 15.1. The molecule has 0 amide bonds. The molecule has 2 aromatic carbocycles. The second-order valence-corrected chi connectivity index (χ2v) is 6.48. The third-order valence-corrected chi connectivity index (χ3v) is 4.07. The van der Waals surface area contributed by atoms with Gasteiger partial charge in [-0.25, -0.2) is 10.4 Å². The molecule has 0 unspecified atom stereocenters. The lowest BCUT2D eigenvalue weighted by Gasteiger charge is -2.10. The van der Waals surface area contributed by atoms with E-state index in [1.54, 1.807) is 6.21 Å². The fraction of sp³-hybridized carbons (Fsp3) is 0.176. The van der Waals surface area contributed by atoms with E-state index in [1.165, 1.54) is 0 Å². The summed E-state index contributed by atoms with van der Waals surface area (Å²) in [5.74, 6) is 1.44. The predicted molar refractivity (Wildman–Crippen MR) is 101 cm³/mol. The van der Waals surface area contributed by atoms with Gasteiger partial charge in [0.25, 0.3) is 0 Å². The SMILES string of the molecule is Clc1ccc(COc2ccc(Br)cc2/C=N/NC2=NCCN2)cc1. The molecule has 3 rings (SSSR count). The summed E-state index contributed by atoms with van der Waals surface area (Å²) in [5, 5.41) is 8.01. The maximum Gasteiger partial charge on any atom is 0.212 e. The van der Waals surface area contributed by atoms with Crippen molar-refractivity contribution in [2.75, 3.05) is 13.1 Å². The molecule has 0 saturated carbocycles. The lowest BCUT2D eigenvalue weighted by Crippen LogP contribution is -2.30. The van der Waals surface area contributed by atoms with E-state index in [0.29, 0.717) is 17.6 Å². The average molecular weight is 408 g/mol. The highest BCUT2D eigenvalue weighted by Crippen LogP contribution is 2.23. The Labute approximate surface area is 153 Å². The van der Waals surface area contributed by atoms with Crippen LogP contribution in [0.2, 0.25) is 5.02 Å². The van der Waals surface area contributed by atoms with Crippen molar-refractivity contribution in [3.8, 4) is 5.75 Å². The largest absolute Gasteiger partial charge is 0.488 e. The van der Waals surface area contributed by atoms with E-state index in [0.717, 1.165) is 34.4 Å². The minimum absolute atomic E-state index is 0.460. The topological polar surface area (TPSA) is 58.0 Å². The molecule has 0 fully saturated rings. The molecule has 0 spiro atoms. The van der Waals surface area contributed by atoms with Gasteiger partial charge < -0.3 is 10.1 Å². The van der Waals surface area contributed by atoms with Gasteiger partial charge in [-0.15, -0.1) is 0 Å². The normalized spacial score (nSPS) is 13.7. The van der Waals surface area contributed by atoms with Crippen molar-refractivity contribution >= 4 is 39.7 Å². The highest BCUT2D eigenvalue weighted by Gasteiger charge is 2.05. The molecule has 24 heavy (non-hydrogen) atoms. The van der Waals surface area contributed by atoms with Crippen LogP contribution in [-0.4, -0.2) is 25.3 Å². The van der Waals surface area contributed by atoms with E-state index in [-0.39, 0.29) is 0 Å². The molecule has 0 bridgehead atoms. The molecule has 0 atom stereocenters. The number of nitrogens with one attached hydrogen (secondary N) is 2. The second kappa shape index (κ2) is 8.17. The van der Waals surface area contributed by atoms with Crippen molar-refractivity contribution in [2.45, 2.75) is 6.61 Å². The minimum Gasteiger partial charge on any atom is -0.488 e. The third-order valence-electron chi connectivity index (χ3n) is 3.33. The molecular formula is C17H16BrClN4O. The molecule has 0 aromatic heterocycles. The summed E-state index contributed by atoms with van der Waals surface area (Å²) in [6.07, 6.45) is 1.71. The molecule has 124 valence electrons. The number of rotatable bonds is 5. The average Bonchev–Trinajstić information content (AvgIpc) is 3.09. The second-order valence-electron chi connectivity index (χ2n) is 5.12. The van der Waals surface area contributed by atoms with Crippen LogP contribution in [0, 0.1) is 0 Å². The first kappa shape index (κ1) is 16.8. The number of hydrogen-bond acceptors (Lipinski definition) is 5. The summed E-state index contributed by atoms with van der Waals surface area (Å²) >= 11 is 9.37. The van der Waals surface area contributed by atoms with Gasteiger partial charge in [-0.3, -0.25) is 0 Å². The standard InChI is InChI=1S/C17H16BrClN4O/c18-14-3-6-16(24-11-12-1-4-15(19)5-2-12)13(9-14)10-22-23-17-20-7-8-21-17/h1-6,9-10H,7-8,11H2,(H2,20,21,23)/b22-10+. The zero-order valence-electron chi connectivity index (χ0n) is 12.8. The number of guanidine groups is 1. The molecule has 1 heterocycles. The Balaban J connectivity index is 1.67. The predicted octanol–water partition coefficient (Wildman–Crippen LogP) is 3.56. The molecule has 0 aliphatic carbocycles. The monoisotopic (exact) mass is 406 g/mol. The van der Waals surface area contributed by atoms with Gasteiger partial charge >= 0.3 is 0 Å². The summed E-state index contributed by atoms with van der Waals surface area (Å²) in [7, 11) is 0. The maximum absolute atomic E-state index is 5.91. The minimum atomic E-state index is 0.460.